The maximum absolute atomic E-state index is 10.9. The van der Waals surface area contributed by atoms with Gasteiger partial charge in [-0.25, -0.2) is 9.97 Å². The fourth-order valence-corrected chi connectivity index (χ4v) is 0.998. The molecule has 0 fully saturated rings. The summed E-state index contributed by atoms with van der Waals surface area (Å²) in [6.07, 6.45) is 6.66. The zero-order valence-corrected chi connectivity index (χ0v) is 6.56. The summed E-state index contributed by atoms with van der Waals surface area (Å²) in [6.45, 7) is 1.51. The van der Waals surface area contributed by atoms with Gasteiger partial charge in [0.2, 0.25) is 5.78 Å². The van der Waals surface area contributed by atoms with Crippen molar-refractivity contribution in [1.29, 1.82) is 0 Å². The van der Waals surface area contributed by atoms with Crippen LogP contribution in [0.25, 0.3) is 5.78 Å². The molecule has 0 aromatic carbocycles. The summed E-state index contributed by atoms with van der Waals surface area (Å²) in [5, 5.41) is 0. The molecule has 2 aromatic rings. The van der Waals surface area contributed by atoms with E-state index in [-0.39, 0.29) is 5.78 Å². The fourth-order valence-electron chi connectivity index (χ4n) is 0.998. The third kappa shape index (κ3) is 0.972. The lowest BCUT2D eigenvalue weighted by atomic mass is 10.2. The van der Waals surface area contributed by atoms with Crippen LogP contribution in [0.1, 0.15) is 17.3 Å². The molecule has 2 rings (SSSR count). The number of imidazole rings is 1. The van der Waals surface area contributed by atoms with Crippen LogP contribution in [-0.2, 0) is 0 Å². The van der Waals surface area contributed by atoms with Crippen molar-refractivity contribution < 1.29 is 4.79 Å². The molecule has 0 unspecified atom stereocenters. The third-order valence-corrected chi connectivity index (χ3v) is 1.65. The van der Waals surface area contributed by atoms with Crippen LogP contribution in [0.3, 0.4) is 0 Å². The maximum Gasteiger partial charge on any atom is 0.233 e. The molecule has 0 bridgehead atoms. The molecule has 0 amide bonds. The molecule has 0 aliphatic heterocycles. The molecule has 2 aromatic heterocycles. The quantitative estimate of drug-likeness (QED) is 0.584. The van der Waals surface area contributed by atoms with Gasteiger partial charge in [-0.1, -0.05) is 0 Å². The normalized spacial score (nSPS) is 10.4. The highest BCUT2D eigenvalue weighted by molar-refractivity contribution is 5.93. The Bertz CT molecular complexity index is 433. The summed E-state index contributed by atoms with van der Waals surface area (Å²) >= 11 is 0. The van der Waals surface area contributed by atoms with Crippen LogP contribution in [0.2, 0.25) is 0 Å². The van der Waals surface area contributed by atoms with Crippen molar-refractivity contribution in [2.45, 2.75) is 6.92 Å². The first-order chi connectivity index (χ1) is 5.77. The van der Waals surface area contributed by atoms with Gasteiger partial charge in [-0.3, -0.25) is 9.20 Å². The third-order valence-electron chi connectivity index (χ3n) is 1.65. The number of Topliss-reactive ketones (excluding diaryl/α,β-unsaturated/α-hetero) is 1. The van der Waals surface area contributed by atoms with Gasteiger partial charge < -0.3 is 0 Å². The van der Waals surface area contributed by atoms with Crippen molar-refractivity contribution in [3.8, 4) is 0 Å². The highest BCUT2D eigenvalue weighted by Crippen LogP contribution is 2.01. The number of hydrogen-bond donors (Lipinski definition) is 0. The van der Waals surface area contributed by atoms with Gasteiger partial charge in [-0.2, -0.15) is 0 Å². The fraction of sp³-hybridized carbons (Fsp3) is 0.125. The first kappa shape index (κ1) is 6.97. The standard InChI is InChI=1S/C8H7N3O/c1-6(12)7-4-10-8-9-2-3-11(8)5-7/h2-5H,1H3. The van der Waals surface area contributed by atoms with Crippen LogP contribution in [0.4, 0.5) is 0 Å². The first-order valence-corrected chi connectivity index (χ1v) is 3.57. The van der Waals surface area contributed by atoms with E-state index >= 15 is 0 Å². The summed E-state index contributed by atoms with van der Waals surface area (Å²) in [5.41, 5.74) is 0.598. The van der Waals surface area contributed by atoms with Gasteiger partial charge in [0.25, 0.3) is 0 Å². The Labute approximate surface area is 68.9 Å². The predicted octanol–water partition coefficient (Wildman–Crippen LogP) is 0.932. The Hall–Kier alpha value is -1.71. The van der Waals surface area contributed by atoms with E-state index in [4.69, 9.17) is 0 Å². The molecule has 0 N–H and O–H groups in total. The molecule has 0 aliphatic carbocycles. The van der Waals surface area contributed by atoms with E-state index < -0.39 is 0 Å². The molecule has 0 radical (unpaired) electrons. The van der Waals surface area contributed by atoms with Gasteiger partial charge in [0.15, 0.2) is 5.78 Å². The number of aromatic nitrogens is 3. The van der Waals surface area contributed by atoms with Gasteiger partial charge in [0, 0.05) is 24.8 Å². The Kier molecular flexibility index (Phi) is 1.40. The smallest absolute Gasteiger partial charge is 0.233 e. The van der Waals surface area contributed by atoms with Crippen molar-refractivity contribution in [3.05, 3.63) is 30.4 Å². The SMILES string of the molecule is CC(=O)c1cnc2nccn2c1. The number of fused-ring (bicyclic) bond motifs is 1. The lowest BCUT2D eigenvalue weighted by Crippen LogP contribution is -1.97. The van der Waals surface area contributed by atoms with E-state index in [0.717, 1.165) is 0 Å². The second-order valence-corrected chi connectivity index (χ2v) is 2.53. The molecular formula is C8H7N3O. The van der Waals surface area contributed by atoms with Crippen LogP contribution in [0.5, 0.6) is 0 Å². The topological polar surface area (TPSA) is 47.3 Å². The van der Waals surface area contributed by atoms with Crippen molar-refractivity contribution in [2.24, 2.45) is 0 Å². The first-order valence-electron chi connectivity index (χ1n) is 3.57. The zero-order chi connectivity index (χ0) is 8.55. The Morgan fingerprint density at radius 3 is 3.08 bits per heavy atom. The van der Waals surface area contributed by atoms with Crippen molar-refractivity contribution in [3.63, 3.8) is 0 Å². The summed E-state index contributed by atoms with van der Waals surface area (Å²) in [7, 11) is 0. The number of nitrogens with zero attached hydrogens (tertiary/aromatic N) is 3. The van der Waals surface area contributed by atoms with Gasteiger partial charge >= 0.3 is 0 Å². The zero-order valence-electron chi connectivity index (χ0n) is 6.56. The summed E-state index contributed by atoms with van der Waals surface area (Å²) < 4.78 is 1.72. The van der Waals surface area contributed by atoms with Crippen molar-refractivity contribution in [1.82, 2.24) is 14.4 Å². The molecule has 60 valence electrons. The highest BCUT2D eigenvalue weighted by Gasteiger charge is 2.00. The van der Waals surface area contributed by atoms with Crippen LogP contribution in [0.15, 0.2) is 24.8 Å². The Morgan fingerprint density at radius 1 is 1.50 bits per heavy atom. The second-order valence-electron chi connectivity index (χ2n) is 2.53. The van der Waals surface area contributed by atoms with Gasteiger partial charge in [-0.05, 0) is 6.92 Å². The van der Waals surface area contributed by atoms with Gasteiger partial charge in [0.1, 0.15) is 0 Å². The molecule has 2 heterocycles. The molecule has 12 heavy (non-hydrogen) atoms. The molecule has 0 saturated heterocycles. The van der Waals surface area contributed by atoms with Crippen LogP contribution in [-0.4, -0.2) is 20.2 Å². The molecule has 0 atom stereocenters. The monoisotopic (exact) mass is 161 g/mol. The van der Waals surface area contributed by atoms with E-state index in [1.165, 1.54) is 13.1 Å². The molecular weight excluding hydrogens is 154 g/mol. The molecule has 4 nitrogen and oxygen atoms in total. The Morgan fingerprint density at radius 2 is 2.33 bits per heavy atom. The number of hydrogen-bond acceptors (Lipinski definition) is 3. The van der Waals surface area contributed by atoms with E-state index in [0.29, 0.717) is 11.3 Å². The summed E-state index contributed by atoms with van der Waals surface area (Å²) in [5.74, 6) is 0.623. The minimum Gasteiger partial charge on any atom is -0.294 e. The van der Waals surface area contributed by atoms with E-state index in [2.05, 4.69) is 9.97 Å². The molecule has 0 aliphatic rings. The minimum absolute atomic E-state index is 0.0121. The van der Waals surface area contributed by atoms with E-state index in [1.807, 2.05) is 0 Å². The maximum atomic E-state index is 10.9. The van der Waals surface area contributed by atoms with Crippen molar-refractivity contribution >= 4 is 11.6 Å². The number of rotatable bonds is 1. The van der Waals surface area contributed by atoms with E-state index in [9.17, 15) is 4.79 Å². The van der Waals surface area contributed by atoms with Crippen LogP contribution < -0.4 is 0 Å². The van der Waals surface area contributed by atoms with E-state index in [1.54, 1.807) is 23.0 Å². The average molecular weight is 161 g/mol. The lowest BCUT2D eigenvalue weighted by Gasteiger charge is -1.95. The van der Waals surface area contributed by atoms with Crippen LogP contribution in [0, 0.1) is 0 Å². The predicted molar refractivity (Wildman–Crippen MR) is 43.0 cm³/mol. The number of carbonyl (C=O) groups is 1. The molecule has 4 heteroatoms. The van der Waals surface area contributed by atoms with Crippen LogP contribution >= 0.6 is 0 Å². The lowest BCUT2D eigenvalue weighted by molar-refractivity contribution is 0.101. The number of ketones is 1. The molecule has 0 saturated carbocycles. The summed E-state index contributed by atoms with van der Waals surface area (Å²) in [6, 6.07) is 0. The summed E-state index contributed by atoms with van der Waals surface area (Å²) in [4.78, 5) is 18.9. The van der Waals surface area contributed by atoms with Gasteiger partial charge in [-0.15, -0.1) is 0 Å². The highest BCUT2D eigenvalue weighted by atomic mass is 16.1. The van der Waals surface area contributed by atoms with Crippen molar-refractivity contribution in [2.75, 3.05) is 0 Å². The largest absolute Gasteiger partial charge is 0.294 e. The second kappa shape index (κ2) is 2.41. The molecule has 0 spiro atoms. The number of carbonyl (C=O) groups excluding carboxylic acids is 1. The minimum atomic E-state index is 0.0121. The Balaban J connectivity index is 2.68. The van der Waals surface area contributed by atoms with Gasteiger partial charge in [0.05, 0.1) is 5.56 Å². The average Bonchev–Trinajstić information content (AvgIpc) is 2.49.